The number of rotatable bonds is 4. The molecule has 2 amide bonds. The number of amides is 2. The van der Waals surface area contributed by atoms with E-state index in [-0.39, 0.29) is 6.03 Å². The number of carbonyl (C=O) groups excluding carboxylic acids is 1. The van der Waals surface area contributed by atoms with Crippen LogP contribution in [-0.4, -0.2) is 53.3 Å². The van der Waals surface area contributed by atoms with Crippen LogP contribution in [0.25, 0.3) is 0 Å². The first-order chi connectivity index (χ1) is 15.4. The number of aryl methyl sites for hydroxylation is 2. The minimum Gasteiger partial charge on any atom is -0.497 e. The Kier molecular flexibility index (Phi) is 6.55. The van der Waals surface area contributed by atoms with Crippen molar-refractivity contribution in [1.29, 1.82) is 0 Å². The van der Waals surface area contributed by atoms with Crippen LogP contribution < -0.4 is 10.1 Å². The van der Waals surface area contributed by atoms with Crippen molar-refractivity contribution in [2.24, 2.45) is 9.98 Å². The summed E-state index contributed by atoms with van der Waals surface area (Å²) in [7, 11) is 1.62. The minimum atomic E-state index is -0.460. The van der Waals surface area contributed by atoms with E-state index in [1.54, 1.807) is 18.9 Å². The lowest BCUT2D eigenvalue weighted by Crippen LogP contribution is -2.46. The molecule has 0 atom stereocenters. The van der Waals surface area contributed by atoms with Crippen LogP contribution in [-0.2, 0) is 0 Å². The maximum atomic E-state index is 12.8. The summed E-state index contributed by atoms with van der Waals surface area (Å²) in [5, 5.41) is 3.99. The van der Waals surface area contributed by atoms with Crippen molar-refractivity contribution in [3.05, 3.63) is 59.2 Å². The first-order valence-corrected chi connectivity index (χ1v) is 12.0. The Morgan fingerprint density at radius 1 is 1.12 bits per heavy atom. The normalized spacial score (nSPS) is 17.2. The zero-order chi connectivity index (χ0) is 22.7. The van der Waals surface area contributed by atoms with Crippen molar-refractivity contribution in [3.63, 3.8) is 0 Å². The third-order valence-electron chi connectivity index (χ3n) is 6.07. The fourth-order valence-corrected chi connectivity index (χ4v) is 4.84. The monoisotopic (exact) mass is 450 g/mol. The molecule has 6 nitrogen and oxygen atoms in total. The van der Waals surface area contributed by atoms with E-state index in [9.17, 15) is 4.79 Å². The fourth-order valence-electron chi connectivity index (χ4n) is 4.03. The van der Waals surface area contributed by atoms with Crippen molar-refractivity contribution < 1.29 is 9.53 Å². The zero-order valence-corrected chi connectivity index (χ0v) is 20.0. The molecule has 0 aliphatic carbocycles. The van der Waals surface area contributed by atoms with Gasteiger partial charge in [-0.05, 0) is 48.9 Å². The Morgan fingerprint density at radius 2 is 1.91 bits per heavy atom. The highest BCUT2D eigenvalue weighted by Gasteiger charge is 2.40. The topological polar surface area (TPSA) is 66.3 Å². The average Bonchev–Trinajstić information content (AvgIpc) is 3.14. The molecule has 1 fully saturated rings. The van der Waals surface area contributed by atoms with E-state index in [1.165, 1.54) is 11.1 Å². The summed E-state index contributed by atoms with van der Waals surface area (Å²) in [5.74, 6) is 1.67. The van der Waals surface area contributed by atoms with Gasteiger partial charge < -0.3 is 15.0 Å². The second-order valence-electron chi connectivity index (χ2n) is 8.24. The number of ether oxygens (including phenoxy) is 1. The smallest absolute Gasteiger partial charge is 0.321 e. The summed E-state index contributed by atoms with van der Waals surface area (Å²) in [6.45, 7) is 7.63. The number of benzene rings is 2. The number of hydrogen-bond acceptors (Lipinski definition) is 5. The molecule has 0 aromatic heterocycles. The third-order valence-corrected chi connectivity index (χ3v) is 6.91. The predicted molar refractivity (Wildman–Crippen MR) is 134 cm³/mol. The number of thioether (sulfide) groups is 1. The summed E-state index contributed by atoms with van der Waals surface area (Å²) in [5.41, 5.74) is 4.93. The van der Waals surface area contributed by atoms with Gasteiger partial charge in [-0.25, -0.2) is 9.79 Å². The predicted octanol–water partition coefficient (Wildman–Crippen LogP) is 5.29. The van der Waals surface area contributed by atoms with E-state index in [0.29, 0.717) is 13.1 Å². The Bertz CT molecular complexity index is 1070. The molecule has 32 heavy (non-hydrogen) atoms. The van der Waals surface area contributed by atoms with Crippen LogP contribution in [0.2, 0.25) is 0 Å². The molecule has 2 aliphatic heterocycles. The van der Waals surface area contributed by atoms with Crippen molar-refractivity contribution >= 4 is 34.2 Å². The van der Waals surface area contributed by atoms with Crippen LogP contribution >= 0.6 is 11.8 Å². The number of urea groups is 1. The van der Waals surface area contributed by atoms with Crippen molar-refractivity contribution in [2.75, 3.05) is 31.3 Å². The molecule has 4 rings (SSSR count). The number of likely N-dealkylation sites (tertiary alicyclic amines) is 1. The first kappa shape index (κ1) is 22.4. The highest BCUT2D eigenvalue weighted by molar-refractivity contribution is 8.15. The SMILES string of the molecule is CCSC1=NC2(CCN(C(=O)Nc3cccc(OC)c3)CC2)N=C1c1ccc(C)c(C)c1. The molecule has 0 unspecified atom stereocenters. The molecule has 168 valence electrons. The van der Waals surface area contributed by atoms with Gasteiger partial charge in [0.25, 0.3) is 0 Å². The standard InChI is InChI=1S/C25H30N4O2S/c1-5-32-23-22(19-10-9-17(2)18(3)15-19)27-25(28-23)11-13-29(14-12-25)24(30)26-20-7-6-8-21(16-20)31-4/h6-10,15-16H,5,11-14H2,1-4H3,(H,26,30). The van der Waals surface area contributed by atoms with Crippen LogP contribution in [0.3, 0.4) is 0 Å². The molecule has 2 aromatic carbocycles. The highest BCUT2D eigenvalue weighted by Crippen LogP contribution is 2.36. The molecule has 1 spiro atoms. The van der Waals surface area contributed by atoms with Gasteiger partial charge in [-0.15, -0.1) is 11.8 Å². The number of piperidine rings is 1. The van der Waals surface area contributed by atoms with Crippen molar-refractivity contribution in [1.82, 2.24) is 4.90 Å². The number of methoxy groups -OCH3 is 1. The summed E-state index contributed by atoms with van der Waals surface area (Å²) in [4.78, 5) is 24.9. The second kappa shape index (κ2) is 9.36. The van der Waals surface area contributed by atoms with Crippen molar-refractivity contribution in [2.45, 2.75) is 39.3 Å². The molecule has 0 bridgehead atoms. The van der Waals surface area contributed by atoms with E-state index in [4.69, 9.17) is 14.7 Å². The molecule has 7 heteroatoms. The summed E-state index contributed by atoms with van der Waals surface area (Å²) >= 11 is 1.75. The van der Waals surface area contributed by atoms with E-state index in [2.05, 4.69) is 44.3 Å². The maximum Gasteiger partial charge on any atom is 0.321 e. The van der Waals surface area contributed by atoms with Gasteiger partial charge in [0, 0.05) is 43.2 Å². The lowest BCUT2D eigenvalue weighted by atomic mass is 9.98. The molecule has 1 N–H and O–H groups in total. The molecule has 2 heterocycles. The first-order valence-electron chi connectivity index (χ1n) is 11.0. The summed E-state index contributed by atoms with van der Waals surface area (Å²) in [6, 6.07) is 13.8. The number of aliphatic imine (C=N–C) groups is 2. The molecule has 2 aromatic rings. The quantitative estimate of drug-likeness (QED) is 0.688. The molecular weight excluding hydrogens is 420 g/mol. The highest BCUT2D eigenvalue weighted by atomic mass is 32.2. The van der Waals surface area contributed by atoms with E-state index < -0.39 is 5.66 Å². The van der Waals surface area contributed by atoms with Crippen LogP contribution in [0.1, 0.15) is 36.5 Å². The molecule has 0 radical (unpaired) electrons. The van der Waals surface area contributed by atoms with Gasteiger partial charge in [0.15, 0.2) is 5.66 Å². The molecular formula is C25H30N4O2S. The van der Waals surface area contributed by atoms with Gasteiger partial charge in [0.1, 0.15) is 10.8 Å². The number of carbonyl (C=O) groups is 1. The average molecular weight is 451 g/mol. The Balaban J connectivity index is 1.48. The fraction of sp³-hybridized carbons (Fsp3) is 0.400. The van der Waals surface area contributed by atoms with Gasteiger partial charge in [0.05, 0.1) is 12.8 Å². The lowest BCUT2D eigenvalue weighted by Gasteiger charge is -2.35. The van der Waals surface area contributed by atoms with Crippen LogP contribution in [0, 0.1) is 13.8 Å². The second-order valence-corrected chi connectivity index (χ2v) is 9.49. The minimum absolute atomic E-state index is 0.100. The van der Waals surface area contributed by atoms with E-state index in [0.717, 1.165) is 46.4 Å². The van der Waals surface area contributed by atoms with Gasteiger partial charge >= 0.3 is 6.03 Å². The van der Waals surface area contributed by atoms with Gasteiger partial charge in [-0.1, -0.05) is 25.1 Å². The van der Waals surface area contributed by atoms with E-state index >= 15 is 0 Å². The number of hydrogen-bond donors (Lipinski definition) is 1. The number of nitrogens with one attached hydrogen (secondary N) is 1. The lowest BCUT2D eigenvalue weighted by molar-refractivity contribution is 0.175. The van der Waals surface area contributed by atoms with Crippen LogP contribution in [0.15, 0.2) is 52.4 Å². The van der Waals surface area contributed by atoms with Crippen molar-refractivity contribution in [3.8, 4) is 5.75 Å². The third kappa shape index (κ3) is 4.67. The Morgan fingerprint density at radius 3 is 2.59 bits per heavy atom. The molecule has 0 saturated carbocycles. The maximum absolute atomic E-state index is 12.8. The Labute approximate surface area is 194 Å². The number of nitrogens with zero attached hydrogens (tertiary/aromatic N) is 3. The summed E-state index contributed by atoms with van der Waals surface area (Å²) in [6.07, 6.45) is 1.45. The van der Waals surface area contributed by atoms with Gasteiger partial charge in [-0.3, -0.25) is 4.99 Å². The van der Waals surface area contributed by atoms with Gasteiger partial charge in [0.2, 0.25) is 0 Å². The number of anilines is 1. The summed E-state index contributed by atoms with van der Waals surface area (Å²) < 4.78 is 5.24. The van der Waals surface area contributed by atoms with Gasteiger partial charge in [-0.2, -0.15) is 0 Å². The largest absolute Gasteiger partial charge is 0.497 e. The van der Waals surface area contributed by atoms with Crippen LogP contribution in [0.4, 0.5) is 10.5 Å². The van der Waals surface area contributed by atoms with E-state index in [1.807, 2.05) is 29.2 Å². The zero-order valence-electron chi connectivity index (χ0n) is 19.1. The Hall–Kier alpha value is -2.80. The molecule has 2 aliphatic rings. The van der Waals surface area contributed by atoms with Crippen LogP contribution in [0.5, 0.6) is 5.75 Å². The molecule has 1 saturated heterocycles.